The molecule has 0 unspecified atom stereocenters. The molecule has 1 saturated carbocycles. The maximum absolute atomic E-state index is 12.3. The van der Waals surface area contributed by atoms with E-state index in [9.17, 15) is 13.2 Å². The third-order valence-corrected chi connectivity index (χ3v) is 2.69. The van der Waals surface area contributed by atoms with Crippen molar-refractivity contribution >= 4 is 0 Å². The van der Waals surface area contributed by atoms with Gasteiger partial charge in [-0.05, 0) is 32.1 Å². The molecule has 0 aromatic heterocycles. The molecular weight excluding hydrogens is 193 g/mol. The Labute approximate surface area is 82.6 Å². The lowest BCUT2D eigenvalue weighted by atomic mass is 9.87. The molecule has 0 N–H and O–H groups in total. The van der Waals surface area contributed by atoms with E-state index < -0.39 is 12.1 Å². The van der Waals surface area contributed by atoms with Crippen LogP contribution in [0.15, 0.2) is 0 Å². The number of hydrogen-bond acceptors (Lipinski definition) is 1. The highest BCUT2D eigenvalue weighted by molar-refractivity contribution is 4.77. The van der Waals surface area contributed by atoms with Gasteiger partial charge < -0.3 is 4.74 Å². The first-order chi connectivity index (χ1) is 6.54. The Bertz CT molecular complexity index is 159. The van der Waals surface area contributed by atoms with E-state index in [-0.39, 0.29) is 18.9 Å². The summed E-state index contributed by atoms with van der Waals surface area (Å²) < 4.78 is 42.3. The molecule has 0 heterocycles. The second-order valence-corrected chi connectivity index (χ2v) is 3.89. The quantitative estimate of drug-likeness (QED) is 0.692. The van der Waals surface area contributed by atoms with Gasteiger partial charge in [-0.25, -0.2) is 0 Å². The Morgan fingerprint density at radius 2 is 1.71 bits per heavy atom. The molecule has 1 fully saturated rings. The third-order valence-electron chi connectivity index (χ3n) is 2.69. The fourth-order valence-electron chi connectivity index (χ4n) is 1.84. The van der Waals surface area contributed by atoms with Crippen LogP contribution in [-0.2, 0) is 4.74 Å². The van der Waals surface area contributed by atoms with Crippen LogP contribution in [0.3, 0.4) is 0 Å². The first kappa shape index (κ1) is 11.8. The molecular formula is C10H17F3O. The van der Waals surface area contributed by atoms with Gasteiger partial charge in [-0.1, -0.05) is 6.92 Å². The van der Waals surface area contributed by atoms with Crippen LogP contribution in [0.4, 0.5) is 13.2 Å². The zero-order valence-electron chi connectivity index (χ0n) is 8.44. The van der Waals surface area contributed by atoms with Gasteiger partial charge in [0.05, 0.1) is 12.0 Å². The molecule has 0 bridgehead atoms. The van der Waals surface area contributed by atoms with E-state index >= 15 is 0 Å². The van der Waals surface area contributed by atoms with Gasteiger partial charge in [-0.15, -0.1) is 0 Å². The number of rotatable bonds is 3. The smallest absolute Gasteiger partial charge is 0.378 e. The molecule has 0 aromatic rings. The zero-order chi connectivity index (χ0) is 10.6. The minimum atomic E-state index is -4.00. The van der Waals surface area contributed by atoms with Gasteiger partial charge >= 0.3 is 6.18 Å². The van der Waals surface area contributed by atoms with Crippen LogP contribution in [0, 0.1) is 5.92 Å². The van der Waals surface area contributed by atoms with Gasteiger partial charge in [0, 0.05) is 6.61 Å². The normalized spacial score (nSPS) is 29.1. The maximum Gasteiger partial charge on any atom is 0.391 e. The standard InChI is InChI=1S/C10H17F3O/c1-2-7-14-9-5-3-8(4-6-9)10(11,12)13/h8-9H,2-7H2,1H3. The second-order valence-electron chi connectivity index (χ2n) is 3.89. The van der Waals surface area contributed by atoms with Crippen molar-refractivity contribution in [2.45, 2.75) is 51.3 Å². The Morgan fingerprint density at radius 3 is 2.14 bits per heavy atom. The van der Waals surface area contributed by atoms with E-state index in [1.54, 1.807) is 0 Å². The Kier molecular flexibility index (Phi) is 4.23. The Balaban J connectivity index is 2.24. The molecule has 1 aliphatic rings. The Morgan fingerprint density at radius 1 is 1.14 bits per heavy atom. The lowest BCUT2D eigenvalue weighted by molar-refractivity contribution is -0.187. The van der Waals surface area contributed by atoms with Gasteiger partial charge in [0.15, 0.2) is 0 Å². The van der Waals surface area contributed by atoms with Crippen LogP contribution in [0.1, 0.15) is 39.0 Å². The molecule has 0 aliphatic heterocycles. The predicted octanol–water partition coefficient (Wildman–Crippen LogP) is 3.53. The average molecular weight is 210 g/mol. The molecule has 0 saturated heterocycles. The molecule has 0 atom stereocenters. The van der Waals surface area contributed by atoms with Gasteiger partial charge in [0.25, 0.3) is 0 Å². The summed E-state index contributed by atoms with van der Waals surface area (Å²) in [4.78, 5) is 0. The molecule has 84 valence electrons. The third kappa shape index (κ3) is 3.48. The summed E-state index contributed by atoms with van der Waals surface area (Å²) in [7, 11) is 0. The van der Waals surface area contributed by atoms with Crippen LogP contribution < -0.4 is 0 Å². The maximum atomic E-state index is 12.3. The van der Waals surface area contributed by atoms with Crippen molar-refractivity contribution in [1.82, 2.24) is 0 Å². The van der Waals surface area contributed by atoms with E-state index in [1.807, 2.05) is 6.92 Å². The highest BCUT2D eigenvalue weighted by Crippen LogP contribution is 2.38. The molecule has 0 radical (unpaired) electrons. The van der Waals surface area contributed by atoms with Crippen molar-refractivity contribution in [3.63, 3.8) is 0 Å². The van der Waals surface area contributed by atoms with Crippen LogP contribution in [-0.4, -0.2) is 18.9 Å². The Hall–Kier alpha value is -0.250. The summed E-state index contributed by atoms with van der Waals surface area (Å²) in [5.74, 6) is -1.09. The molecule has 1 rings (SSSR count). The first-order valence-corrected chi connectivity index (χ1v) is 5.22. The number of alkyl halides is 3. The van der Waals surface area contributed by atoms with Crippen LogP contribution >= 0.6 is 0 Å². The summed E-state index contributed by atoms with van der Waals surface area (Å²) in [5.41, 5.74) is 0. The lowest BCUT2D eigenvalue weighted by Gasteiger charge is -2.29. The average Bonchev–Trinajstić information content (AvgIpc) is 2.14. The molecule has 1 aliphatic carbocycles. The van der Waals surface area contributed by atoms with Crippen molar-refractivity contribution < 1.29 is 17.9 Å². The zero-order valence-corrected chi connectivity index (χ0v) is 8.44. The SMILES string of the molecule is CCCOC1CCC(C(F)(F)F)CC1. The van der Waals surface area contributed by atoms with E-state index in [0.717, 1.165) is 6.42 Å². The van der Waals surface area contributed by atoms with Crippen molar-refractivity contribution in [3.05, 3.63) is 0 Å². The van der Waals surface area contributed by atoms with E-state index in [2.05, 4.69) is 0 Å². The summed E-state index contributed by atoms with van der Waals surface area (Å²) >= 11 is 0. The van der Waals surface area contributed by atoms with Crippen LogP contribution in [0.25, 0.3) is 0 Å². The van der Waals surface area contributed by atoms with E-state index in [0.29, 0.717) is 19.4 Å². The molecule has 4 heteroatoms. The molecule has 0 aromatic carbocycles. The van der Waals surface area contributed by atoms with Crippen molar-refractivity contribution in [3.8, 4) is 0 Å². The second kappa shape index (κ2) is 5.01. The number of hydrogen-bond donors (Lipinski definition) is 0. The van der Waals surface area contributed by atoms with Gasteiger partial charge in [-0.2, -0.15) is 13.2 Å². The van der Waals surface area contributed by atoms with Gasteiger partial charge in [0.2, 0.25) is 0 Å². The molecule has 0 amide bonds. The first-order valence-electron chi connectivity index (χ1n) is 5.22. The minimum absolute atomic E-state index is 0.0635. The largest absolute Gasteiger partial charge is 0.391 e. The van der Waals surface area contributed by atoms with Crippen molar-refractivity contribution in [1.29, 1.82) is 0 Å². The number of ether oxygens (including phenoxy) is 1. The monoisotopic (exact) mass is 210 g/mol. The highest BCUT2D eigenvalue weighted by Gasteiger charge is 2.41. The summed E-state index contributed by atoms with van der Waals surface area (Å²) in [5, 5.41) is 0. The summed E-state index contributed by atoms with van der Waals surface area (Å²) in [6, 6.07) is 0. The summed E-state index contributed by atoms with van der Waals surface area (Å²) in [6.45, 7) is 2.67. The molecule has 14 heavy (non-hydrogen) atoms. The van der Waals surface area contributed by atoms with Gasteiger partial charge in [-0.3, -0.25) is 0 Å². The fourth-order valence-corrected chi connectivity index (χ4v) is 1.84. The van der Waals surface area contributed by atoms with Crippen LogP contribution in [0.5, 0.6) is 0 Å². The predicted molar refractivity (Wildman–Crippen MR) is 48.0 cm³/mol. The lowest BCUT2D eigenvalue weighted by Crippen LogP contribution is -2.30. The minimum Gasteiger partial charge on any atom is -0.378 e. The molecule has 0 spiro atoms. The van der Waals surface area contributed by atoms with Gasteiger partial charge in [0.1, 0.15) is 0 Å². The number of halogens is 3. The fraction of sp³-hybridized carbons (Fsp3) is 1.00. The van der Waals surface area contributed by atoms with Crippen molar-refractivity contribution in [2.75, 3.05) is 6.61 Å². The van der Waals surface area contributed by atoms with E-state index in [1.165, 1.54) is 0 Å². The topological polar surface area (TPSA) is 9.23 Å². The van der Waals surface area contributed by atoms with Crippen molar-refractivity contribution in [2.24, 2.45) is 5.92 Å². The summed E-state index contributed by atoms with van der Waals surface area (Å²) in [6.07, 6.45) is -1.42. The highest BCUT2D eigenvalue weighted by atomic mass is 19.4. The van der Waals surface area contributed by atoms with Crippen LogP contribution in [0.2, 0.25) is 0 Å². The molecule has 1 nitrogen and oxygen atoms in total. The van der Waals surface area contributed by atoms with E-state index in [4.69, 9.17) is 4.74 Å².